The molecule has 4 aromatic rings. The maximum Gasteiger partial charge on any atom is 0.352 e. The largest absolute Gasteiger partial charge is 0.497 e. The zero-order valence-electron chi connectivity index (χ0n) is 20.3. The summed E-state index contributed by atoms with van der Waals surface area (Å²) < 4.78 is 5.66. The number of methoxy groups -OCH3 is 1. The molecule has 5 rings (SSSR count). The van der Waals surface area contributed by atoms with Crippen LogP contribution in [0.1, 0.15) is 20.7 Å². The van der Waals surface area contributed by atoms with Crippen LogP contribution in [0.4, 0.5) is 11.4 Å². The fourth-order valence-corrected chi connectivity index (χ4v) is 4.31. The molecular weight excluding hydrogens is 492 g/mol. The SMILES string of the molecule is COc1ccc(NCCNc2ccc3c4c(cccc24)C(=O)N(CC(=O)On2c(O)ccc2O)C3=O)cc1. The van der Waals surface area contributed by atoms with Crippen LogP contribution in [0.15, 0.2) is 66.7 Å². The minimum Gasteiger partial charge on any atom is -0.497 e. The average Bonchev–Trinajstić information content (AvgIpc) is 3.24. The minimum absolute atomic E-state index is 0.275. The van der Waals surface area contributed by atoms with Gasteiger partial charge in [0.15, 0.2) is 0 Å². The van der Waals surface area contributed by atoms with Crippen molar-refractivity contribution in [2.75, 3.05) is 37.4 Å². The summed E-state index contributed by atoms with van der Waals surface area (Å²) >= 11 is 0. The number of amides is 2. The van der Waals surface area contributed by atoms with Crippen molar-refractivity contribution in [3.8, 4) is 17.5 Å². The number of hydrogen-bond donors (Lipinski definition) is 4. The lowest BCUT2D eigenvalue weighted by atomic mass is 9.93. The van der Waals surface area contributed by atoms with Crippen molar-refractivity contribution in [3.05, 3.63) is 77.9 Å². The van der Waals surface area contributed by atoms with E-state index in [1.54, 1.807) is 31.4 Å². The first-order valence-electron chi connectivity index (χ1n) is 11.7. The van der Waals surface area contributed by atoms with E-state index in [0.717, 1.165) is 34.2 Å². The number of ether oxygens (including phenoxy) is 1. The molecule has 0 unspecified atom stereocenters. The lowest BCUT2D eigenvalue weighted by Gasteiger charge is -2.27. The molecule has 0 saturated heterocycles. The first-order chi connectivity index (χ1) is 18.4. The molecule has 0 saturated carbocycles. The van der Waals surface area contributed by atoms with E-state index in [-0.39, 0.29) is 11.1 Å². The molecule has 1 aliphatic rings. The maximum atomic E-state index is 13.2. The second-order valence-electron chi connectivity index (χ2n) is 8.47. The molecule has 38 heavy (non-hydrogen) atoms. The summed E-state index contributed by atoms with van der Waals surface area (Å²) in [5, 5.41) is 27.2. The number of carbonyl (C=O) groups excluding carboxylic acids is 3. The lowest BCUT2D eigenvalue weighted by Crippen LogP contribution is -2.45. The Hall–Kier alpha value is -5.19. The summed E-state index contributed by atoms with van der Waals surface area (Å²) in [6, 6.07) is 18.3. The Kier molecular flexibility index (Phi) is 6.48. The maximum absolute atomic E-state index is 13.2. The Labute approximate surface area is 216 Å². The fraction of sp³-hybridized carbons (Fsp3) is 0.148. The van der Waals surface area contributed by atoms with E-state index in [1.807, 2.05) is 30.3 Å². The number of carbonyl (C=O) groups is 3. The Bertz CT molecular complexity index is 1500. The summed E-state index contributed by atoms with van der Waals surface area (Å²) in [5.41, 5.74) is 2.25. The molecule has 1 aromatic heterocycles. The van der Waals surface area contributed by atoms with Crippen LogP contribution in [0.2, 0.25) is 0 Å². The molecule has 194 valence electrons. The smallest absolute Gasteiger partial charge is 0.352 e. The van der Waals surface area contributed by atoms with Gasteiger partial charge >= 0.3 is 5.97 Å². The molecule has 11 nitrogen and oxygen atoms in total. The van der Waals surface area contributed by atoms with Crippen LogP contribution in [0.3, 0.4) is 0 Å². The molecule has 0 atom stereocenters. The van der Waals surface area contributed by atoms with Crippen molar-refractivity contribution in [3.63, 3.8) is 0 Å². The van der Waals surface area contributed by atoms with E-state index < -0.39 is 36.1 Å². The summed E-state index contributed by atoms with van der Waals surface area (Å²) in [5.74, 6) is -2.57. The van der Waals surface area contributed by atoms with E-state index in [0.29, 0.717) is 28.6 Å². The fourth-order valence-electron chi connectivity index (χ4n) is 4.31. The molecule has 0 fully saturated rings. The molecule has 1 aliphatic heterocycles. The molecule has 2 amide bonds. The highest BCUT2D eigenvalue weighted by molar-refractivity contribution is 6.27. The number of nitrogens with zero attached hydrogens (tertiary/aromatic N) is 2. The van der Waals surface area contributed by atoms with Crippen molar-refractivity contribution >= 4 is 39.9 Å². The number of aromatic nitrogens is 1. The van der Waals surface area contributed by atoms with Crippen LogP contribution < -0.4 is 20.2 Å². The number of nitrogens with one attached hydrogen (secondary N) is 2. The normalized spacial score (nSPS) is 12.5. The number of imide groups is 1. The first kappa shape index (κ1) is 24.5. The summed E-state index contributed by atoms with van der Waals surface area (Å²) in [4.78, 5) is 44.5. The van der Waals surface area contributed by atoms with Gasteiger partial charge < -0.3 is 30.4 Å². The molecule has 3 aromatic carbocycles. The van der Waals surface area contributed by atoms with Gasteiger partial charge in [-0.25, -0.2) is 4.79 Å². The van der Waals surface area contributed by atoms with E-state index in [2.05, 4.69) is 10.6 Å². The van der Waals surface area contributed by atoms with Crippen LogP contribution in [-0.4, -0.2) is 64.4 Å². The topological polar surface area (TPSA) is 142 Å². The van der Waals surface area contributed by atoms with E-state index in [9.17, 15) is 24.6 Å². The monoisotopic (exact) mass is 516 g/mol. The molecule has 2 heterocycles. The van der Waals surface area contributed by atoms with Crippen molar-refractivity contribution < 1.29 is 34.2 Å². The Balaban J connectivity index is 1.30. The van der Waals surface area contributed by atoms with Gasteiger partial charge in [-0.3, -0.25) is 14.5 Å². The van der Waals surface area contributed by atoms with Gasteiger partial charge in [0.25, 0.3) is 11.8 Å². The van der Waals surface area contributed by atoms with Gasteiger partial charge in [-0.2, -0.15) is 0 Å². The zero-order chi connectivity index (χ0) is 26.8. The van der Waals surface area contributed by atoms with E-state index in [1.165, 1.54) is 0 Å². The molecular formula is C27H24N4O7. The molecule has 0 radical (unpaired) electrons. The Morgan fingerprint density at radius 1 is 0.842 bits per heavy atom. The van der Waals surface area contributed by atoms with Gasteiger partial charge in [-0.1, -0.05) is 12.1 Å². The van der Waals surface area contributed by atoms with Crippen LogP contribution in [-0.2, 0) is 4.79 Å². The van der Waals surface area contributed by atoms with Gasteiger partial charge in [-0.05, 0) is 42.5 Å². The van der Waals surface area contributed by atoms with Gasteiger partial charge in [0.2, 0.25) is 11.8 Å². The molecule has 4 N–H and O–H groups in total. The number of rotatable bonds is 9. The number of hydrogen-bond acceptors (Lipinski definition) is 9. The summed E-state index contributed by atoms with van der Waals surface area (Å²) in [6.07, 6.45) is 0. The first-order valence-corrected chi connectivity index (χ1v) is 11.7. The van der Waals surface area contributed by atoms with E-state index >= 15 is 0 Å². The second-order valence-corrected chi connectivity index (χ2v) is 8.47. The standard InChI is InChI=1S/C27H24N4O7/c1-37-17-7-5-16(6-8-17)28-13-14-29-21-10-9-20-25-18(21)3-2-4-19(25)26(35)30(27(20)36)15-24(34)38-31-22(32)11-12-23(31)33/h2-12,28-29,32-33H,13-15H2,1H3. The third kappa shape index (κ3) is 4.52. The molecule has 11 heteroatoms. The Morgan fingerprint density at radius 2 is 1.50 bits per heavy atom. The quantitative estimate of drug-likeness (QED) is 0.195. The predicted octanol–water partition coefficient (Wildman–Crippen LogP) is 2.84. The van der Waals surface area contributed by atoms with Gasteiger partial charge in [0.05, 0.1) is 7.11 Å². The Morgan fingerprint density at radius 3 is 2.18 bits per heavy atom. The van der Waals surface area contributed by atoms with Crippen LogP contribution >= 0.6 is 0 Å². The lowest BCUT2D eigenvalue weighted by molar-refractivity contribution is -0.145. The number of aromatic hydroxyl groups is 2. The highest BCUT2D eigenvalue weighted by atomic mass is 16.7. The van der Waals surface area contributed by atoms with Crippen molar-refractivity contribution in [1.29, 1.82) is 0 Å². The molecule has 0 spiro atoms. The van der Waals surface area contributed by atoms with Gasteiger partial charge in [0, 0.05) is 58.5 Å². The van der Waals surface area contributed by atoms with Crippen LogP contribution in [0.5, 0.6) is 17.5 Å². The highest BCUT2D eigenvalue weighted by Crippen LogP contribution is 2.34. The van der Waals surface area contributed by atoms with Gasteiger partial charge in [-0.15, -0.1) is 4.73 Å². The summed E-state index contributed by atoms with van der Waals surface area (Å²) in [7, 11) is 1.61. The van der Waals surface area contributed by atoms with Crippen molar-refractivity contribution in [2.24, 2.45) is 0 Å². The third-order valence-corrected chi connectivity index (χ3v) is 6.13. The molecule has 0 aliphatic carbocycles. The summed E-state index contributed by atoms with van der Waals surface area (Å²) in [6.45, 7) is 0.487. The average molecular weight is 517 g/mol. The second kappa shape index (κ2) is 10.1. The van der Waals surface area contributed by atoms with Gasteiger partial charge in [0.1, 0.15) is 12.3 Å². The minimum atomic E-state index is -1.02. The predicted molar refractivity (Wildman–Crippen MR) is 139 cm³/mol. The van der Waals surface area contributed by atoms with E-state index in [4.69, 9.17) is 9.57 Å². The molecule has 0 bridgehead atoms. The number of anilines is 2. The van der Waals surface area contributed by atoms with Crippen LogP contribution in [0.25, 0.3) is 10.8 Å². The number of benzene rings is 3. The zero-order valence-corrected chi connectivity index (χ0v) is 20.3. The van der Waals surface area contributed by atoms with Crippen molar-refractivity contribution in [2.45, 2.75) is 0 Å². The third-order valence-electron chi connectivity index (χ3n) is 6.13. The highest BCUT2D eigenvalue weighted by Gasteiger charge is 2.35. The van der Waals surface area contributed by atoms with Crippen molar-refractivity contribution in [1.82, 2.24) is 9.63 Å². The van der Waals surface area contributed by atoms with Crippen LogP contribution in [0, 0.1) is 0 Å².